The topological polar surface area (TPSA) is 103 Å². The quantitative estimate of drug-likeness (QED) is 0.593. The largest absolute Gasteiger partial charge is 0.474 e. The Morgan fingerprint density at radius 3 is 2.71 bits per heavy atom. The molecule has 0 saturated heterocycles. The summed E-state index contributed by atoms with van der Waals surface area (Å²) in [7, 11) is 1.38. The van der Waals surface area contributed by atoms with Gasteiger partial charge in [0, 0.05) is 18.0 Å². The number of ether oxygens (including phenoxy) is 1. The molecule has 2 aliphatic heterocycles. The van der Waals surface area contributed by atoms with E-state index in [2.05, 4.69) is 24.3 Å². The Kier molecular flexibility index (Phi) is 5.85. The molecule has 1 unspecified atom stereocenters. The number of hydrogen-bond donors (Lipinski definition) is 4. The van der Waals surface area contributed by atoms with Crippen molar-refractivity contribution in [2.45, 2.75) is 39.1 Å². The number of aromatic nitrogens is 2. The number of nitrogens with zero attached hydrogens (tertiary/aromatic N) is 3. The summed E-state index contributed by atoms with van der Waals surface area (Å²) in [6, 6.07) is 7.88. The molecule has 1 aromatic heterocycles. The molecule has 0 bridgehead atoms. The molecular formula is C20H26N4O4. The van der Waals surface area contributed by atoms with Crippen molar-refractivity contribution >= 4 is 5.57 Å². The fourth-order valence-corrected chi connectivity index (χ4v) is 2.94. The lowest BCUT2D eigenvalue weighted by Gasteiger charge is -2.36. The van der Waals surface area contributed by atoms with Crippen molar-refractivity contribution in [1.82, 2.24) is 20.0 Å². The molecule has 8 heteroatoms. The molecule has 150 valence electrons. The van der Waals surface area contributed by atoms with Gasteiger partial charge in [-0.2, -0.15) is 5.10 Å². The first-order valence-corrected chi connectivity index (χ1v) is 9.20. The number of dihydropyridines is 1. The van der Waals surface area contributed by atoms with Crippen LogP contribution in [0.2, 0.25) is 0 Å². The van der Waals surface area contributed by atoms with E-state index in [4.69, 9.17) is 4.74 Å². The summed E-state index contributed by atoms with van der Waals surface area (Å²) in [6.07, 6.45) is 4.86. The summed E-state index contributed by atoms with van der Waals surface area (Å²) in [4.78, 5) is 0.965. The maximum absolute atomic E-state index is 9.31. The van der Waals surface area contributed by atoms with Crippen molar-refractivity contribution in [1.29, 1.82) is 0 Å². The Morgan fingerprint density at radius 1 is 1.32 bits per heavy atom. The van der Waals surface area contributed by atoms with Gasteiger partial charge in [-0.25, -0.2) is 9.58 Å². The lowest BCUT2D eigenvalue weighted by molar-refractivity contribution is -0.394. The SMILES string of the molecule is CCC.CN(C1C=CC2=C(N1)OCc1cc(-n3cccn3)ccc12)C(O)(O)O. The zero-order valence-electron chi connectivity index (χ0n) is 16.2. The number of rotatable bonds is 3. The highest BCUT2D eigenvalue weighted by Gasteiger charge is 2.34. The average Bonchev–Trinajstić information content (AvgIpc) is 3.21. The van der Waals surface area contributed by atoms with Crippen LogP contribution >= 0.6 is 0 Å². The highest BCUT2D eigenvalue weighted by Crippen LogP contribution is 2.33. The molecule has 28 heavy (non-hydrogen) atoms. The first-order chi connectivity index (χ1) is 13.3. The number of likely N-dealkylation sites (N-methyl/N-ethyl adjacent to an activating group) is 1. The van der Waals surface area contributed by atoms with Crippen molar-refractivity contribution < 1.29 is 20.1 Å². The van der Waals surface area contributed by atoms with E-state index in [1.54, 1.807) is 17.0 Å². The molecule has 2 aromatic rings. The van der Waals surface area contributed by atoms with Gasteiger partial charge in [-0.15, -0.1) is 0 Å². The second kappa shape index (κ2) is 8.15. The maximum Gasteiger partial charge on any atom is 0.347 e. The molecule has 8 nitrogen and oxygen atoms in total. The van der Waals surface area contributed by atoms with Gasteiger partial charge in [0.05, 0.1) is 5.69 Å². The number of fused-ring (bicyclic) bond motifs is 2. The van der Waals surface area contributed by atoms with Crippen LogP contribution in [0, 0.1) is 0 Å². The monoisotopic (exact) mass is 386 g/mol. The van der Waals surface area contributed by atoms with Crippen LogP contribution in [0.4, 0.5) is 0 Å². The Balaban J connectivity index is 0.000000706. The first-order valence-electron chi connectivity index (χ1n) is 9.20. The minimum Gasteiger partial charge on any atom is -0.474 e. The second-order valence-electron chi connectivity index (χ2n) is 6.69. The van der Waals surface area contributed by atoms with Crippen LogP contribution in [0.25, 0.3) is 11.3 Å². The van der Waals surface area contributed by atoms with Crippen LogP contribution in [-0.2, 0) is 11.3 Å². The van der Waals surface area contributed by atoms with Gasteiger partial charge in [0.25, 0.3) is 0 Å². The zero-order valence-corrected chi connectivity index (χ0v) is 16.2. The Bertz CT molecular complexity index is 869. The van der Waals surface area contributed by atoms with E-state index in [1.165, 1.54) is 13.5 Å². The lowest BCUT2D eigenvalue weighted by Crippen LogP contribution is -2.56. The summed E-state index contributed by atoms with van der Waals surface area (Å²) in [5.41, 5.74) is 3.89. The molecule has 1 aromatic carbocycles. The molecule has 0 fully saturated rings. The third kappa shape index (κ3) is 4.10. The minimum absolute atomic E-state index is 0.378. The fraction of sp³-hybridized carbons (Fsp3) is 0.350. The Morgan fingerprint density at radius 2 is 2.07 bits per heavy atom. The highest BCUT2D eigenvalue weighted by molar-refractivity contribution is 5.80. The predicted molar refractivity (Wildman–Crippen MR) is 104 cm³/mol. The zero-order chi connectivity index (χ0) is 20.3. The van der Waals surface area contributed by atoms with Crippen molar-refractivity contribution in [2.24, 2.45) is 0 Å². The van der Waals surface area contributed by atoms with Crippen molar-refractivity contribution in [3.63, 3.8) is 0 Å². The summed E-state index contributed by atoms with van der Waals surface area (Å²) in [5, 5.41) is 35.2. The van der Waals surface area contributed by atoms with Crippen LogP contribution in [0.15, 0.2) is 54.7 Å². The molecule has 0 amide bonds. The van der Waals surface area contributed by atoms with Gasteiger partial charge in [0.1, 0.15) is 12.8 Å². The van der Waals surface area contributed by atoms with Gasteiger partial charge in [0.15, 0.2) is 5.88 Å². The van der Waals surface area contributed by atoms with Gasteiger partial charge >= 0.3 is 6.10 Å². The van der Waals surface area contributed by atoms with Gasteiger partial charge in [-0.3, -0.25) is 0 Å². The highest BCUT2D eigenvalue weighted by atomic mass is 16.7. The van der Waals surface area contributed by atoms with E-state index < -0.39 is 12.3 Å². The van der Waals surface area contributed by atoms with Gasteiger partial charge in [-0.05, 0) is 48.5 Å². The fourth-order valence-electron chi connectivity index (χ4n) is 2.94. The average molecular weight is 386 g/mol. The lowest BCUT2D eigenvalue weighted by atomic mass is 9.96. The summed E-state index contributed by atoms with van der Waals surface area (Å²) >= 11 is 0. The van der Waals surface area contributed by atoms with Gasteiger partial charge in [-0.1, -0.05) is 26.3 Å². The molecule has 4 N–H and O–H groups in total. The third-order valence-corrected chi connectivity index (χ3v) is 4.38. The van der Waals surface area contributed by atoms with E-state index in [0.29, 0.717) is 12.5 Å². The standard InChI is InChI=1S/C17H18N4O4.C3H8/c1-20(17(22,23)24)15-6-5-14-13-4-3-12(21-8-2-7-18-21)9-11(13)10-25-16(14)19-15;1-3-2/h2-9,15,19,22-24H,10H2,1H3;3H2,1-2H3. The Hall–Kier alpha value is -2.65. The minimum atomic E-state index is -2.93. The van der Waals surface area contributed by atoms with E-state index >= 15 is 0 Å². The molecule has 0 radical (unpaired) electrons. The Labute approximate surface area is 164 Å². The van der Waals surface area contributed by atoms with Crippen LogP contribution in [0.5, 0.6) is 0 Å². The molecule has 1 atom stereocenters. The maximum atomic E-state index is 9.31. The molecule has 3 heterocycles. The smallest absolute Gasteiger partial charge is 0.347 e. The normalized spacial score (nSPS) is 17.9. The van der Waals surface area contributed by atoms with E-state index in [-0.39, 0.29) is 0 Å². The van der Waals surface area contributed by atoms with Crippen LogP contribution in [0.3, 0.4) is 0 Å². The predicted octanol–water partition coefficient (Wildman–Crippen LogP) is 1.49. The molecule has 0 saturated carbocycles. The number of aliphatic hydroxyl groups is 3. The number of benzene rings is 1. The van der Waals surface area contributed by atoms with Crippen molar-refractivity contribution in [3.8, 4) is 5.69 Å². The van der Waals surface area contributed by atoms with Crippen LogP contribution in [-0.4, -0.2) is 49.3 Å². The van der Waals surface area contributed by atoms with E-state index in [1.807, 2.05) is 36.5 Å². The molecule has 0 aliphatic carbocycles. The van der Waals surface area contributed by atoms with Gasteiger partial charge < -0.3 is 25.4 Å². The molecule has 2 aliphatic rings. The number of allylic oxidation sites excluding steroid dienone is 2. The van der Waals surface area contributed by atoms with Gasteiger partial charge in [0.2, 0.25) is 0 Å². The summed E-state index contributed by atoms with van der Waals surface area (Å²) in [5.74, 6) is 0.530. The van der Waals surface area contributed by atoms with E-state index in [9.17, 15) is 15.3 Å². The summed E-state index contributed by atoms with van der Waals surface area (Å²) in [6.45, 7) is 4.63. The van der Waals surface area contributed by atoms with Crippen LogP contribution in [0.1, 0.15) is 31.4 Å². The number of nitrogens with one attached hydrogen (secondary N) is 1. The van der Waals surface area contributed by atoms with E-state index in [0.717, 1.165) is 27.3 Å². The molecule has 0 spiro atoms. The van der Waals surface area contributed by atoms with Crippen molar-refractivity contribution in [2.75, 3.05) is 7.05 Å². The van der Waals surface area contributed by atoms with Crippen molar-refractivity contribution in [3.05, 3.63) is 65.8 Å². The van der Waals surface area contributed by atoms with Crippen LogP contribution < -0.4 is 5.32 Å². The second-order valence-corrected chi connectivity index (χ2v) is 6.69. The summed E-state index contributed by atoms with van der Waals surface area (Å²) < 4.78 is 7.57. The first kappa shape index (κ1) is 20.1. The third-order valence-electron chi connectivity index (χ3n) is 4.38. The molecule has 4 rings (SSSR count). The molecular weight excluding hydrogens is 360 g/mol. The number of hydrogen-bond acceptors (Lipinski definition) is 7.